The van der Waals surface area contributed by atoms with Gasteiger partial charge in [-0.15, -0.1) is 5.10 Å². The molecule has 2 rings (SSSR count). The van der Waals surface area contributed by atoms with Gasteiger partial charge in [-0.1, -0.05) is 24.3 Å². The molecule has 2 N–H and O–H groups in total. The van der Waals surface area contributed by atoms with Crippen molar-refractivity contribution in [3.63, 3.8) is 0 Å². The molecule has 1 heterocycles. The largest absolute Gasteiger partial charge is 0.330 e. The molecule has 4 heteroatoms. The van der Waals surface area contributed by atoms with Gasteiger partial charge in [-0.2, -0.15) is 9.90 Å². The Morgan fingerprint density at radius 3 is 2.81 bits per heavy atom. The third kappa shape index (κ3) is 2.55. The summed E-state index contributed by atoms with van der Waals surface area (Å²) in [5, 5.41) is 8.52. The van der Waals surface area contributed by atoms with Gasteiger partial charge in [0.05, 0.1) is 11.9 Å². The molecule has 16 heavy (non-hydrogen) atoms. The summed E-state index contributed by atoms with van der Waals surface area (Å²) in [4.78, 5) is 1.61. The van der Waals surface area contributed by atoms with E-state index in [2.05, 4.69) is 10.2 Å². The predicted octanol–water partition coefficient (Wildman–Crippen LogP) is 1.63. The highest BCUT2D eigenvalue weighted by atomic mass is 15.5. The fourth-order valence-corrected chi connectivity index (χ4v) is 1.34. The number of rotatable bonds is 4. The fraction of sp³-hybridized carbons (Fsp3) is 0.167. The number of aromatic nitrogens is 3. The lowest BCUT2D eigenvalue weighted by Crippen LogP contribution is -1.97. The minimum Gasteiger partial charge on any atom is -0.330 e. The van der Waals surface area contributed by atoms with Crippen molar-refractivity contribution >= 4 is 6.08 Å². The Kier molecular flexibility index (Phi) is 3.46. The van der Waals surface area contributed by atoms with E-state index in [4.69, 9.17) is 5.73 Å². The summed E-state index contributed by atoms with van der Waals surface area (Å²) < 4.78 is 0. The molecule has 2 aromatic rings. The van der Waals surface area contributed by atoms with Crippen LogP contribution in [0.15, 0.2) is 42.6 Å². The van der Waals surface area contributed by atoms with Crippen molar-refractivity contribution in [3.8, 4) is 5.69 Å². The van der Waals surface area contributed by atoms with Crippen LogP contribution in [0, 0.1) is 0 Å². The molecule has 1 aromatic carbocycles. The third-order valence-electron chi connectivity index (χ3n) is 2.12. The number of para-hydroxylation sites is 1. The maximum absolute atomic E-state index is 5.40. The monoisotopic (exact) mass is 214 g/mol. The zero-order valence-electron chi connectivity index (χ0n) is 8.95. The van der Waals surface area contributed by atoms with E-state index < -0.39 is 0 Å². The summed E-state index contributed by atoms with van der Waals surface area (Å²) in [6.45, 7) is 0.656. The number of benzene rings is 1. The Bertz CT molecular complexity index is 459. The molecule has 0 amide bonds. The van der Waals surface area contributed by atoms with Crippen molar-refractivity contribution in [2.24, 2.45) is 5.73 Å². The van der Waals surface area contributed by atoms with Crippen LogP contribution in [-0.4, -0.2) is 21.5 Å². The van der Waals surface area contributed by atoms with Crippen LogP contribution in [-0.2, 0) is 0 Å². The normalized spacial score (nSPS) is 11.1. The molecule has 0 saturated carbocycles. The lowest BCUT2D eigenvalue weighted by molar-refractivity contribution is 0.750. The molecule has 0 saturated heterocycles. The molecule has 0 fully saturated rings. The van der Waals surface area contributed by atoms with Gasteiger partial charge in [0.25, 0.3) is 0 Å². The summed E-state index contributed by atoms with van der Waals surface area (Å²) >= 11 is 0. The highest BCUT2D eigenvalue weighted by Gasteiger charge is 1.98. The number of nitrogens with two attached hydrogens (primary N) is 1. The van der Waals surface area contributed by atoms with Crippen LogP contribution in [0.4, 0.5) is 0 Å². The highest BCUT2D eigenvalue weighted by Crippen LogP contribution is 2.05. The van der Waals surface area contributed by atoms with Gasteiger partial charge in [0.1, 0.15) is 5.69 Å². The van der Waals surface area contributed by atoms with E-state index >= 15 is 0 Å². The maximum Gasteiger partial charge on any atom is 0.105 e. The van der Waals surface area contributed by atoms with Crippen LogP contribution < -0.4 is 5.73 Å². The summed E-state index contributed by atoms with van der Waals surface area (Å²) in [5.41, 5.74) is 7.20. The van der Waals surface area contributed by atoms with E-state index in [1.54, 1.807) is 11.0 Å². The van der Waals surface area contributed by atoms with E-state index in [0.29, 0.717) is 6.54 Å². The Morgan fingerprint density at radius 2 is 2.06 bits per heavy atom. The zero-order chi connectivity index (χ0) is 11.2. The number of hydrogen-bond donors (Lipinski definition) is 1. The number of hydrogen-bond acceptors (Lipinski definition) is 3. The van der Waals surface area contributed by atoms with Crippen LogP contribution in [0.5, 0.6) is 0 Å². The van der Waals surface area contributed by atoms with Crippen LogP contribution in [0.2, 0.25) is 0 Å². The standard InChI is InChI=1S/C12H14N4/c13-9-5-4-6-11-10-14-16(15-11)12-7-2-1-3-8-12/h1-4,6-8,10H,5,9,13H2. The molecule has 0 unspecified atom stereocenters. The molecule has 0 aliphatic heterocycles. The van der Waals surface area contributed by atoms with Gasteiger partial charge in [-0.25, -0.2) is 0 Å². The second-order valence-electron chi connectivity index (χ2n) is 3.37. The minimum atomic E-state index is 0.656. The minimum absolute atomic E-state index is 0.656. The van der Waals surface area contributed by atoms with Gasteiger partial charge < -0.3 is 5.73 Å². The van der Waals surface area contributed by atoms with Gasteiger partial charge >= 0.3 is 0 Å². The predicted molar refractivity (Wildman–Crippen MR) is 64.1 cm³/mol. The maximum atomic E-state index is 5.40. The molecular weight excluding hydrogens is 200 g/mol. The molecule has 0 bridgehead atoms. The lowest BCUT2D eigenvalue weighted by atomic mass is 10.3. The van der Waals surface area contributed by atoms with Crippen LogP contribution in [0.3, 0.4) is 0 Å². The van der Waals surface area contributed by atoms with Crippen LogP contribution in [0.25, 0.3) is 11.8 Å². The molecule has 0 spiro atoms. The second-order valence-corrected chi connectivity index (χ2v) is 3.37. The van der Waals surface area contributed by atoms with Crippen LogP contribution >= 0.6 is 0 Å². The molecule has 4 nitrogen and oxygen atoms in total. The topological polar surface area (TPSA) is 56.7 Å². The average Bonchev–Trinajstić information content (AvgIpc) is 2.79. The fourth-order valence-electron chi connectivity index (χ4n) is 1.34. The van der Waals surface area contributed by atoms with Crippen LogP contribution in [0.1, 0.15) is 12.1 Å². The molecule has 0 atom stereocenters. The van der Waals surface area contributed by atoms with E-state index in [1.807, 2.05) is 42.5 Å². The van der Waals surface area contributed by atoms with Crippen molar-refractivity contribution < 1.29 is 0 Å². The molecule has 82 valence electrons. The first kappa shape index (κ1) is 10.6. The lowest BCUT2D eigenvalue weighted by Gasteiger charge is -1.96. The van der Waals surface area contributed by atoms with E-state index in [1.165, 1.54) is 0 Å². The molecular formula is C12H14N4. The molecule has 1 aromatic heterocycles. The summed E-state index contributed by atoms with van der Waals surface area (Å²) in [7, 11) is 0. The Morgan fingerprint density at radius 1 is 1.25 bits per heavy atom. The first-order valence-corrected chi connectivity index (χ1v) is 5.24. The molecule has 0 radical (unpaired) electrons. The van der Waals surface area contributed by atoms with Crippen molar-refractivity contribution in [1.29, 1.82) is 0 Å². The highest BCUT2D eigenvalue weighted by molar-refractivity contribution is 5.42. The van der Waals surface area contributed by atoms with Crippen molar-refractivity contribution in [3.05, 3.63) is 48.3 Å². The first-order chi connectivity index (χ1) is 7.90. The Balaban J connectivity index is 2.14. The van der Waals surface area contributed by atoms with Gasteiger partial charge in [0, 0.05) is 0 Å². The van der Waals surface area contributed by atoms with E-state index in [-0.39, 0.29) is 0 Å². The molecule has 0 aliphatic carbocycles. The second kappa shape index (κ2) is 5.23. The molecule has 0 aliphatic rings. The van der Waals surface area contributed by atoms with Crippen molar-refractivity contribution in [1.82, 2.24) is 15.0 Å². The SMILES string of the molecule is NCCC=Cc1cnn(-c2ccccc2)n1. The third-order valence-corrected chi connectivity index (χ3v) is 2.12. The van der Waals surface area contributed by atoms with Gasteiger partial charge in [0.2, 0.25) is 0 Å². The van der Waals surface area contributed by atoms with E-state index in [0.717, 1.165) is 17.8 Å². The first-order valence-electron chi connectivity index (χ1n) is 5.24. The number of nitrogens with zero attached hydrogens (tertiary/aromatic N) is 3. The van der Waals surface area contributed by atoms with Crippen molar-refractivity contribution in [2.45, 2.75) is 6.42 Å². The summed E-state index contributed by atoms with van der Waals surface area (Å²) in [5.74, 6) is 0. The zero-order valence-corrected chi connectivity index (χ0v) is 8.95. The quantitative estimate of drug-likeness (QED) is 0.841. The average molecular weight is 214 g/mol. The smallest absolute Gasteiger partial charge is 0.105 e. The van der Waals surface area contributed by atoms with E-state index in [9.17, 15) is 0 Å². The summed E-state index contributed by atoms with van der Waals surface area (Å²) in [6.07, 6.45) is 6.52. The Labute approximate surface area is 94.4 Å². The summed E-state index contributed by atoms with van der Waals surface area (Å²) in [6, 6.07) is 9.82. The van der Waals surface area contributed by atoms with Gasteiger partial charge in [-0.3, -0.25) is 0 Å². The van der Waals surface area contributed by atoms with Gasteiger partial charge in [-0.05, 0) is 31.2 Å². The van der Waals surface area contributed by atoms with Gasteiger partial charge in [0.15, 0.2) is 0 Å². The Hall–Kier alpha value is -1.94. The van der Waals surface area contributed by atoms with Crippen molar-refractivity contribution in [2.75, 3.05) is 6.54 Å².